The van der Waals surface area contributed by atoms with Crippen molar-refractivity contribution in [1.82, 2.24) is 0 Å². The van der Waals surface area contributed by atoms with Gasteiger partial charge in [0, 0.05) is 11.1 Å². The lowest BCUT2D eigenvalue weighted by atomic mass is 9.83. The van der Waals surface area contributed by atoms with Crippen molar-refractivity contribution in [3.05, 3.63) is 146 Å². The van der Waals surface area contributed by atoms with Crippen molar-refractivity contribution in [2.45, 2.75) is 0 Å². The smallest absolute Gasteiger partial charge is 0.127 e. The predicted molar refractivity (Wildman–Crippen MR) is 188 cm³/mol. The molecular weight excluding hydrogens is 568 g/mol. The molecule has 4 nitrogen and oxygen atoms in total. The molecule has 0 unspecified atom stereocenters. The van der Waals surface area contributed by atoms with Gasteiger partial charge in [-0.05, 0) is 79.2 Å². The van der Waals surface area contributed by atoms with Crippen LogP contribution in [0.15, 0.2) is 146 Å². The first-order valence-corrected chi connectivity index (χ1v) is 15.6. The molecule has 7 rings (SSSR count). The van der Waals surface area contributed by atoms with Gasteiger partial charge in [-0.3, -0.25) is 0 Å². The zero-order valence-electron chi connectivity index (χ0n) is 25.4. The number of hydrogen-bond donors (Lipinski definition) is 2. The summed E-state index contributed by atoms with van der Waals surface area (Å²) in [5.41, 5.74) is 8.40. The Morgan fingerprint density at radius 2 is 0.739 bits per heavy atom. The van der Waals surface area contributed by atoms with Crippen LogP contribution in [-0.2, 0) is 0 Å². The highest BCUT2D eigenvalue weighted by atomic mass is 16.5. The van der Waals surface area contributed by atoms with Crippen LogP contribution in [0.3, 0.4) is 0 Å². The van der Waals surface area contributed by atoms with Crippen molar-refractivity contribution in [1.29, 1.82) is 0 Å². The molecule has 0 spiro atoms. The molecule has 0 aliphatic heterocycles. The van der Waals surface area contributed by atoms with Crippen LogP contribution in [0.25, 0.3) is 66.1 Å². The van der Waals surface area contributed by atoms with E-state index in [9.17, 15) is 10.2 Å². The quantitative estimate of drug-likeness (QED) is 0.153. The van der Waals surface area contributed by atoms with Crippen molar-refractivity contribution in [2.24, 2.45) is 0 Å². The third-order valence-electron chi connectivity index (χ3n) is 8.34. The van der Waals surface area contributed by atoms with Crippen LogP contribution < -0.4 is 9.47 Å². The Hall–Kier alpha value is -5.42. The molecule has 0 atom stereocenters. The van der Waals surface area contributed by atoms with E-state index in [1.54, 1.807) is 0 Å². The average Bonchev–Trinajstić information content (AvgIpc) is 3.13. The van der Waals surface area contributed by atoms with Gasteiger partial charge >= 0.3 is 0 Å². The topological polar surface area (TPSA) is 58.9 Å². The summed E-state index contributed by atoms with van der Waals surface area (Å²) < 4.78 is 12.1. The summed E-state index contributed by atoms with van der Waals surface area (Å²) >= 11 is 0. The van der Waals surface area contributed by atoms with E-state index in [2.05, 4.69) is 97.1 Å². The number of ether oxygens (including phenoxy) is 2. The molecule has 0 aromatic heterocycles. The molecule has 0 radical (unpaired) electrons. The summed E-state index contributed by atoms with van der Waals surface area (Å²) in [5, 5.41) is 23.7. The fourth-order valence-corrected chi connectivity index (χ4v) is 6.36. The summed E-state index contributed by atoms with van der Waals surface area (Å²) in [6.45, 7) is 0.320. The second kappa shape index (κ2) is 13.3. The number of benzene rings is 7. The first-order chi connectivity index (χ1) is 22.8. The largest absolute Gasteiger partial charge is 0.491 e. The van der Waals surface area contributed by atoms with Gasteiger partial charge in [0.15, 0.2) is 0 Å². The van der Waals surface area contributed by atoms with E-state index in [4.69, 9.17) is 9.47 Å². The van der Waals surface area contributed by atoms with Gasteiger partial charge in [-0.25, -0.2) is 0 Å². The molecule has 0 aliphatic carbocycles. The number of fused-ring (bicyclic) bond motifs is 3. The minimum atomic E-state index is -0.0583. The van der Waals surface area contributed by atoms with Crippen molar-refractivity contribution >= 4 is 21.5 Å². The molecule has 4 heteroatoms. The third kappa shape index (κ3) is 5.61. The minimum absolute atomic E-state index is 0.0583. The highest BCUT2D eigenvalue weighted by Crippen LogP contribution is 2.47. The Balaban J connectivity index is 1.55. The highest BCUT2D eigenvalue weighted by Gasteiger charge is 2.20. The number of hydrogen-bond acceptors (Lipinski definition) is 4. The fourth-order valence-electron chi connectivity index (χ4n) is 6.36. The zero-order chi connectivity index (χ0) is 31.3. The van der Waals surface area contributed by atoms with E-state index in [0.29, 0.717) is 0 Å². The molecule has 0 fully saturated rings. The monoisotopic (exact) mass is 602 g/mol. The maximum absolute atomic E-state index is 9.53. The Morgan fingerprint density at radius 3 is 1.13 bits per heavy atom. The summed E-state index contributed by atoms with van der Waals surface area (Å²) in [6.07, 6.45) is 0. The maximum atomic E-state index is 9.53. The molecule has 0 heterocycles. The summed E-state index contributed by atoms with van der Waals surface area (Å²) in [7, 11) is 0. The SMILES string of the molecule is OCCOc1ccc(-c2c(-c3ccc(OCCO)c(-c4ccccc4)c3)c3ccccc3c3ccccc23)cc1-c1ccccc1. The third-order valence-corrected chi connectivity index (χ3v) is 8.34. The van der Waals surface area contributed by atoms with Crippen LogP contribution in [0.2, 0.25) is 0 Å². The molecule has 226 valence electrons. The van der Waals surface area contributed by atoms with Crippen LogP contribution >= 0.6 is 0 Å². The van der Waals surface area contributed by atoms with Gasteiger partial charge in [0.2, 0.25) is 0 Å². The molecule has 46 heavy (non-hydrogen) atoms. The Bertz CT molecular complexity index is 1970. The lowest BCUT2D eigenvalue weighted by Crippen LogP contribution is -2.03. The predicted octanol–water partition coefficient (Wildman–Crippen LogP) is 9.40. The average molecular weight is 603 g/mol. The lowest BCUT2D eigenvalue weighted by Gasteiger charge is -2.21. The molecule has 7 aromatic rings. The molecule has 0 saturated heterocycles. The first kappa shape index (κ1) is 29.3. The summed E-state index contributed by atoms with van der Waals surface area (Å²) in [4.78, 5) is 0. The van der Waals surface area contributed by atoms with Gasteiger partial charge in [-0.2, -0.15) is 0 Å². The van der Waals surface area contributed by atoms with Gasteiger partial charge in [-0.15, -0.1) is 0 Å². The van der Waals surface area contributed by atoms with Gasteiger partial charge in [-0.1, -0.05) is 121 Å². The normalized spacial score (nSPS) is 11.2. The van der Waals surface area contributed by atoms with Crippen molar-refractivity contribution < 1.29 is 19.7 Å². The second-order valence-corrected chi connectivity index (χ2v) is 11.1. The van der Waals surface area contributed by atoms with Crippen LogP contribution in [-0.4, -0.2) is 36.6 Å². The van der Waals surface area contributed by atoms with Crippen LogP contribution in [0.5, 0.6) is 11.5 Å². The van der Waals surface area contributed by atoms with Gasteiger partial charge < -0.3 is 19.7 Å². The second-order valence-electron chi connectivity index (χ2n) is 11.1. The molecule has 0 bridgehead atoms. The molecule has 0 amide bonds. The van der Waals surface area contributed by atoms with Gasteiger partial charge in [0.05, 0.1) is 13.2 Å². The lowest BCUT2D eigenvalue weighted by molar-refractivity contribution is 0.202. The van der Waals surface area contributed by atoms with Crippen molar-refractivity contribution in [3.63, 3.8) is 0 Å². The van der Waals surface area contributed by atoms with Gasteiger partial charge in [0.25, 0.3) is 0 Å². The highest BCUT2D eigenvalue weighted by molar-refractivity contribution is 6.21. The molecule has 0 aliphatic rings. The summed E-state index contributed by atoms with van der Waals surface area (Å²) in [5.74, 6) is 1.46. The van der Waals surface area contributed by atoms with E-state index in [1.807, 2.05) is 48.5 Å². The zero-order valence-corrected chi connectivity index (χ0v) is 25.4. The van der Waals surface area contributed by atoms with E-state index in [-0.39, 0.29) is 26.4 Å². The number of aliphatic hydroxyl groups excluding tert-OH is 2. The van der Waals surface area contributed by atoms with Crippen molar-refractivity contribution in [2.75, 3.05) is 26.4 Å². The minimum Gasteiger partial charge on any atom is -0.491 e. The van der Waals surface area contributed by atoms with Crippen LogP contribution in [0.4, 0.5) is 0 Å². The molecular formula is C42H34O4. The Labute approximate surface area is 268 Å². The summed E-state index contributed by atoms with van der Waals surface area (Å²) in [6, 6.07) is 50.4. The Morgan fingerprint density at radius 1 is 0.370 bits per heavy atom. The van der Waals surface area contributed by atoms with Crippen LogP contribution in [0, 0.1) is 0 Å². The van der Waals surface area contributed by atoms with Crippen LogP contribution in [0.1, 0.15) is 0 Å². The fraction of sp³-hybridized carbons (Fsp3) is 0.0952. The first-order valence-electron chi connectivity index (χ1n) is 15.6. The number of aliphatic hydroxyl groups is 2. The van der Waals surface area contributed by atoms with E-state index in [1.165, 1.54) is 10.8 Å². The maximum Gasteiger partial charge on any atom is 0.127 e. The van der Waals surface area contributed by atoms with E-state index >= 15 is 0 Å². The molecule has 7 aromatic carbocycles. The van der Waals surface area contributed by atoms with Crippen molar-refractivity contribution in [3.8, 4) is 56.0 Å². The van der Waals surface area contributed by atoms with Gasteiger partial charge in [0.1, 0.15) is 24.7 Å². The molecule has 0 saturated carbocycles. The number of rotatable bonds is 10. The Kier molecular flexibility index (Phi) is 8.46. The van der Waals surface area contributed by atoms with E-state index < -0.39 is 0 Å². The standard InChI is InChI=1S/C42H34O4/c43-23-25-45-39-21-19-31(27-37(39)29-11-3-1-4-12-29)41-35-17-9-7-15-33(35)34-16-8-10-18-36(34)42(41)32-20-22-40(46-26-24-44)38(28-32)30-13-5-2-6-14-30/h1-22,27-28,43-44H,23-26H2. The van der Waals surface area contributed by atoms with E-state index in [0.717, 1.165) is 66.8 Å². The molecule has 2 N–H and O–H groups in total.